The molecule has 0 aliphatic carbocycles. The zero-order valence-corrected chi connectivity index (χ0v) is 20.3. The van der Waals surface area contributed by atoms with E-state index in [1.54, 1.807) is 0 Å². The topological polar surface area (TPSA) is 34.1 Å². The quantitative estimate of drug-likeness (QED) is 0.343. The molecule has 1 aromatic carbocycles. The molecule has 1 heterocycles. The van der Waals surface area contributed by atoms with Gasteiger partial charge >= 0.3 is 0 Å². The second-order valence-electron chi connectivity index (χ2n) is 6.83. The van der Waals surface area contributed by atoms with Crippen LogP contribution in [0.3, 0.4) is 0 Å². The number of piperazine rings is 1. The second kappa shape index (κ2) is 12.2. The molecule has 1 atom stereocenters. The fourth-order valence-corrected chi connectivity index (χ4v) is 3.43. The molecule has 0 saturated carbocycles. The van der Waals surface area contributed by atoms with E-state index >= 15 is 0 Å². The lowest BCUT2D eigenvalue weighted by atomic mass is 10.2. The maximum atomic E-state index is 4.89. The van der Waals surface area contributed by atoms with Crippen molar-refractivity contribution in [1.82, 2.24) is 20.0 Å². The Balaban J connectivity index is 0.00000338. The van der Waals surface area contributed by atoms with Crippen LogP contribution in [0.2, 0.25) is 0 Å². The summed E-state index contributed by atoms with van der Waals surface area (Å²) >= 11 is 3.63. The van der Waals surface area contributed by atoms with E-state index in [4.69, 9.17) is 4.99 Å². The third-order valence-electron chi connectivity index (χ3n) is 4.73. The Labute approximate surface area is 184 Å². The third-order valence-corrected chi connectivity index (χ3v) is 5.50. The molecule has 0 amide bonds. The van der Waals surface area contributed by atoms with Gasteiger partial charge in [0.1, 0.15) is 0 Å². The summed E-state index contributed by atoms with van der Waals surface area (Å²) < 4.78 is 1.14. The van der Waals surface area contributed by atoms with Crippen LogP contribution in [-0.2, 0) is 6.54 Å². The van der Waals surface area contributed by atoms with Gasteiger partial charge in [0.05, 0.1) is 6.54 Å². The molecule has 1 fully saturated rings. The lowest BCUT2D eigenvalue weighted by Crippen LogP contribution is -2.49. The van der Waals surface area contributed by atoms with E-state index in [1.165, 1.54) is 5.56 Å². The highest BCUT2D eigenvalue weighted by molar-refractivity contribution is 14.0. The zero-order chi connectivity index (χ0) is 18.2. The normalized spacial score (nSPS) is 17.5. The van der Waals surface area contributed by atoms with E-state index in [0.29, 0.717) is 6.04 Å². The molecule has 1 aliphatic rings. The first-order valence-electron chi connectivity index (χ1n) is 9.16. The van der Waals surface area contributed by atoms with Gasteiger partial charge in [-0.1, -0.05) is 34.1 Å². The fraction of sp³-hybridized carbons (Fsp3) is 0.632. The highest BCUT2D eigenvalue weighted by atomic mass is 127. The molecule has 1 N–H and O–H groups in total. The number of hydrogen-bond donors (Lipinski definition) is 1. The average molecular weight is 538 g/mol. The minimum Gasteiger partial charge on any atom is -0.357 e. The Bertz CT molecular complexity index is 561. The van der Waals surface area contributed by atoms with Gasteiger partial charge in [0, 0.05) is 56.8 Å². The van der Waals surface area contributed by atoms with Gasteiger partial charge in [-0.3, -0.25) is 9.89 Å². The van der Waals surface area contributed by atoms with E-state index < -0.39 is 0 Å². The van der Waals surface area contributed by atoms with Crippen LogP contribution in [0, 0.1) is 0 Å². The Morgan fingerprint density at radius 1 is 1.27 bits per heavy atom. The Morgan fingerprint density at radius 3 is 2.54 bits per heavy atom. The maximum absolute atomic E-state index is 4.89. The van der Waals surface area contributed by atoms with Crippen molar-refractivity contribution in [3.8, 4) is 0 Å². The van der Waals surface area contributed by atoms with Crippen LogP contribution >= 0.6 is 39.9 Å². The molecule has 0 aromatic heterocycles. The molecule has 148 valence electrons. The molecule has 0 spiro atoms. The Hall–Kier alpha value is -0.380. The Morgan fingerprint density at radius 2 is 1.92 bits per heavy atom. The van der Waals surface area contributed by atoms with Crippen LogP contribution < -0.4 is 5.32 Å². The summed E-state index contributed by atoms with van der Waals surface area (Å²) in [6, 6.07) is 8.83. The summed E-state index contributed by atoms with van der Waals surface area (Å²) in [4.78, 5) is 12.0. The number of likely N-dealkylation sites (N-methyl/N-ethyl adjacent to an activating group) is 1. The van der Waals surface area contributed by atoms with E-state index in [0.717, 1.165) is 56.2 Å². The predicted molar refractivity (Wildman–Crippen MR) is 126 cm³/mol. The number of aliphatic imine (C=N–C) groups is 1. The van der Waals surface area contributed by atoms with Gasteiger partial charge in [0.15, 0.2) is 5.96 Å². The number of guanidine groups is 1. The van der Waals surface area contributed by atoms with Crippen molar-refractivity contribution in [2.45, 2.75) is 26.4 Å². The van der Waals surface area contributed by atoms with Crippen LogP contribution in [0.1, 0.15) is 19.4 Å². The van der Waals surface area contributed by atoms with E-state index in [2.05, 4.69) is 82.1 Å². The van der Waals surface area contributed by atoms with Crippen molar-refractivity contribution in [2.24, 2.45) is 4.99 Å². The summed E-state index contributed by atoms with van der Waals surface area (Å²) in [6.45, 7) is 11.5. The minimum absolute atomic E-state index is 0. The lowest BCUT2D eigenvalue weighted by molar-refractivity contribution is 0.122. The standard InChI is InChI=1S/C19H32BrN5.HI/c1-5-21-19(24(4)15-17-8-6-7-9-18(17)20)22-14-16(2)25-12-10-23(3)11-13-25;/h6-9,16H,5,10-15H2,1-4H3,(H,21,22);1H. The molecule has 7 heteroatoms. The fourth-order valence-electron chi connectivity index (χ4n) is 3.02. The molecule has 2 rings (SSSR count). The molecule has 1 saturated heterocycles. The first-order chi connectivity index (χ1) is 12.0. The smallest absolute Gasteiger partial charge is 0.194 e. The van der Waals surface area contributed by atoms with Crippen molar-refractivity contribution in [2.75, 3.05) is 53.4 Å². The van der Waals surface area contributed by atoms with Crippen molar-refractivity contribution in [1.29, 1.82) is 0 Å². The number of benzene rings is 1. The van der Waals surface area contributed by atoms with Gasteiger partial charge < -0.3 is 15.1 Å². The molecular weight excluding hydrogens is 505 g/mol. The summed E-state index contributed by atoms with van der Waals surface area (Å²) in [7, 11) is 4.29. The first kappa shape index (κ1) is 23.7. The SMILES string of the molecule is CCNC(=NCC(C)N1CCN(C)CC1)N(C)Cc1ccccc1Br.I. The van der Waals surface area contributed by atoms with Gasteiger partial charge in [-0.25, -0.2) is 0 Å². The molecule has 1 aromatic rings. The van der Waals surface area contributed by atoms with E-state index in [9.17, 15) is 0 Å². The summed E-state index contributed by atoms with van der Waals surface area (Å²) in [5.41, 5.74) is 1.27. The largest absolute Gasteiger partial charge is 0.357 e. The van der Waals surface area contributed by atoms with Crippen molar-refractivity contribution < 1.29 is 0 Å². The number of hydrogen-bond acceptors (Lipinski definition) is 3. The monoisotopic (exact) mass is 537 g/mol. The highest BCUT2D eigenvalue weighted by Gasteiger charge is 2.19. The highest BCUT2D eigenvalue weighted by Crippen LogP contribution is 2.17. The number of nitrogens with one attached hydrogen (secondary N) is 1. The third kappa shape index (κ3) is 7.32. The van der Waals surface area contributed by atoms with Gasteiger partial charge in [-0.05, 0) is 32.5 Å². The van der Waals surface area contributed by atoms with Crippen LogP contribution in [0.15, 0.2) is 33.7 Å². The van der Waals surface area contributed by atoms with Gasteiger partial charge in [0.25, 0.3) is 0 Å². The maximum Gasteiger partial charge on any atom is 0.194 e. The van der Waals surface area contributed by atoms with Crippen molar-refractivity contribution in [3.63, 3.8) is 0 Å². The van der Waals surface area contributed by atoms with Crippen LogP contribution in [-0.4, -0.2) is 80.1 Å². The van der Waals surface area contributed by atoms with Crippen LogP contribution in [0.4, 0.5) is 0 Å². The van der Waals surface area contributed by atoms with E-state index in [1.807, 2.05) is 6.07 Å². The molecule has 0 radical (unpaired) electrons. The molecule has 1 unspecified atom stereocenters. The minimum atomic E-state index is 0. The van der Waals surface area contributed by atoms with Crippen molar-refractivity contribution >= 4 is 45.9 Å². The van der Waals surface area contributed by atoms with Crippen LogP contribution in [0.5, 0.6) is 0 Å². The van der Waals surface area contributed by atoms with Crippen LogP contribution in [0.25, 0.3) is 0 Å². The number of halogens is 2. The summed E-state index contributed by atoms with van der Waals surface area (Å²) in [5, 5.41) is 3.42. The Kier molecular flexibility index (Phi) is 11.1. The predicted octanol–water partition coefficient (Wildman–Crippen LogP) is 3.10. The van der Waals surface area contributed by atoms with E-state index in [-0.39, 0.29) is 24.0 Å². The molecular formula is C19H33BrIN5. The lowest BCUT2D eigenvalue weighted by Gasteiger charge is -2.36. The molecule has 26 heavy (non-hydrogen) atoms. The van der Waals surface area contributed by atoms with Crippen molar-refractivity contribution in [3.05, 3.63) is 34.3 Å². The molecule has 1 aliphatic heterocycles. The average Bonchev–Trinajstić information content (AvgIpc) is 2.60. The number of rotatable bonds is 6. The van der Waals surface area contributed by atoms with Gasteiger partial charge in [-0.15, -0.1) is 24.0 Å². The summed E-state index contributed by atoms with van der Waals surface area (Å²) in [6.07, 6.45) is 0. The van der Waals surface area contributed by atoms with Gasteiger partial charge in [-0.2, -0.15) is 0 Å². The zero-order valence-electron chi connectivity index (χ0n) is 16.4. The number of nitrogens with zero attached hydrogens (tertiary/aromatic N) is 4. The second-order valence-corrected chi connectivity index (χ2v) is 7.68. The molecule has 5 nitrogen and oxygen atoms in total. The molecule has 0 bridgehead atoms. The first-order valence-corrected chi connectivity index (χ1v) is 9.96. The summed E-state index contributed by atoms with van der Waals surface area (Å²) in [5.74, 6) is 0.972. The van der Waals surface area contributed by atoms with Gasteiger partial charge in [0.2, 0.25) is 0 Å².